The second-order valence-electron chi connectivity index (χ2n) is 15.1. The molecule has 7 rings (SSSR count). The summed E-state index contributed by atoms with van der Waals surface area (Å²) >= 11 is 7.02. The second kappa shape index (κ2) is 21.9. The average molecular weight is 913 g/mol. The molecule has 66 heavy (non-hydrogen) atoms. The van der Waals surface area contributed by atoms with Crippen LogP contribution in [0.3, 0.4) is 0 Å². The molecule has 1 fully saturated rings. The molecule has 0 bridgehead atoms. The zero-order valence-electron chi connectivity index (χ0n) is 36.1. The third kappa shape index (κ3) is 11.8. The summed E-state index contributed by atoms with van der Waals surface area (Å²) in [6, 6.07) is 42.8. The standard InChI is InChI=1S/C52H45ClO13/c1-32(61-48(55)36-16-8-4-9-17-36)44-45(63-49(56)37-18-10-5-11-19-37)46(64-50(57)38-20-12-6-13-21-38)47(65-51(58)39-22-14-7-15-23-39)52(66-44)62-43-30-35(31-60-33(2)54)29-42(53)41(43)28-34-24-26-40(59-3)27-25-34/h4-27,29-30,32,44-47,52H,28,31H2,1-3H3/t32-,44+,45+,46-,47+,52+/m0/s1. The molecule has 1 aliphatic rings. The van der Waals surface area contributed by atoms with Gasteiger partial charge in [-0.05, 0) is 90.8 Å². The van der Waals surface area contributed by atoms with E-state index in [-0.39, 0.29) is 46.1 Å². The molecule has 0 aromatic heterocycles. The van der Waals surface area contributed by atoms with Gasteiger partial charge in [0.2, 0.25) is 12.4 Å². The molecule has 0 radical (unpaired) electrons. The highest BCUT2D eigenvalue weighted by molar-refractivity contribution is 6.31. The van der Waals surface area contributed by atoms with Crippen LogP contribution >= 0.6 is 11.6 Å². The predicted octanol–water partition coefficient (Wildman–Crippen LogP) is 9.03. The van der Waals surface area contributed by atoms with Crippen molar-refractivity contribution in [1.29, 1.82) is 0 Å². The summed E-state index contributed by atoms with van der Waals surface area (Å²) < 4.78 is 48.9. The summed E-state index contributed by atoms with van der Waals surface area (Å²) in [7, 11) is 1.55. The molecule has 14 heteroatoms. The van der Waals surface area contributed by atoms with Gasteiger partial charge in [0.05, 0.1) is 29.4 Å². The zero-order chi connectivity index (χ0) is 46.6. The minimum atomic E-state index is -1.70. The fourth-order valence-electron chi connectivity index (χ4n) is 7.16. The lowest BCUT2D eigenvalue weighted by Crippen LogP contribution is -2.65. The first kappa shape index (κ1) is 46.5. The van der Waals surface area contributed by atoms with E-state index in [1.807, 2.05) is 12.1 Å². The van der Waals surface area contributed by atoms with E-state index >= 15 is 0 Å². The molecule has 0 N–H and O–H groups in total. The number of halogens is 1. The van der Waals surface area contributed by atoms with Gasteiger partial charge in [-0.15, -0.1) is 0 Å². The second-order valence-corrected chi connectivity index (χ2v) is 15.5. The first-order valence-corrected chi connectivity index (χ1v) is 21.3. The van der Waals surface area contributed by atoms with E-state index in [4.69, 9.17) is 49.5 Å². The molecule has 6 aromatic rings. The maximum Gasteiger partial charge on any atom is 0.338 e. The molecule has 338 valence electrons. The summed E-state index contributed by atoms with van der Waals surface area (Å²) in [6.07, 6.45) is -9.21. The van der Waals surface area contributed by atoms with Gasteiger partial charge in [0, 0.05) is 23.9 Å². The number of hydrogen-bond acceptors (Lipinski definition) is 13. The van der Waals surface area contributed by atoms with Crippen molar-refractivity contribution in [2.75, 3.05) is 7.11 Å². The first-order valence-electron chi connectivity index (χ1n) is 20.9. The summed E-state index contributed by atoms with van der Waals surface area (Å²) in [5.74, 6) is -3.14. The fraction of sp³-hybridized carbons (Fsp3) is 0.212. The van der Waals surface area contributed by atoms with Crippen LogP contribution in [0.2, 0.25) is 5.02 Å². The van der Waals surface area contributed by atoms with E-state index in [0.717, 1.165) is 5.56 Å². The van der Waals surface area contributed by atoms with Crippen molar-refractivity contribution in [3.05, 3.63) is 202 Å². The van der Waals surface area contributed by atoms with E-state index in [1.165, 1.54) is 50.2 Å². The number of methoxy groups -OCH3 is 1. The summed E-state index contributed by atoms with van der Waals surface area (Å²) in [6.45, 7) is 2.60. The minimum Gasteiger partial charge on any atom is -0.497 e. The van der Waals surface area contributed by atoms with Gasteiger partial charge in [0.15, 0.2) is 12.2 Å². The monoisotopic (exact) mass is 912 g/mol. The summed E-state index contributed by atoms with van der Waals surface area (Å²) in [4.78, 5) is 68.0. The molecule has 0 saturated carbocycles. The number of carbonyl (C=O) groups excluding carboxylic acids is 5. The van der Waals surface area contributed by atoms with Crippen molar-refractivity contribution in [3.63, 3.8) is 0 Å². The third-order valence-electron chi connectivity index (χ3n) is 10.5. The lowest BCUT2D eigenvalue weighted by Gasteiger charge is -2.45. The van der Waals surface area contributed by atoms with Crippen molar-refractivity contribution in [2.45, 2.75) is 63.7 Å². The van der Waals surface area contributed by atoms with E-state index in [9.17, 15) is 24.0 Å². The van der Waals surface area contributed by atoms with Crippen LogP contribution in [0.5, 0.6) is 11.5 Å². The number of benzene rings is 6. The van der Waals surface area contributed by atoms with Crippen LogP contribution in [0.4, 0.5) is 0 Å². The zero-order valence-corrected chi connectivity index (χ0v) is 36.8. The quantitative estimate of drug-likeness (QED) is 0.0669. The summed E-state index contributed by atoms with van der Waals surface area (Å²) in [5.41, 5.74) is 2.28. The van der Waals surface area contributed by atoms with Crippen LogP contribution in [0.1, 0.15) is 72.0 Å². The SMILES string of the molecule is COc1ccc(Cc2c(Cl)cc(COC(C)=O)cc2O[C@@H]2O[C@H]([C@H](C)OC(=O)c3ccccc3)[C@@H](OC(=O)c3ccccc3)[C@H](OC(=O)c3ccccc3)[C@H]2OC(=O)c2ccccc2)cc1. The van der Waals surface area contributed by atoms with Crippen molar-refractivity contribution in [2.24, 2.45) is 0 Å². The highest BCUT2D eigenvalue weighted by Gasteiger charge is 2.56. The Labute approximate surface area is 386 Å². The van der Waals surface area contributed by atoms with E-state index in [0.29, 0.717) is 16.9 Å². The highest BCUT2D eigenvalue weighted by atomic mass is 35.5. The average Bonchev–Trinajstić information content (AvgIpc) is 3.34. The molecule has 6 atom stereocenters. The molecule has 13 nitrogen and oxygen atoms in total. The van der Waals surface area contributed by atoms with Gasteiger partial charge in [-0.1, -0.05) is 96.5 Å². The molecule has 6 aromatic carbocycles. The van der Waals surface area contributed by atoms with Gasteiger partial charge in [0.25, 0.3) is 0 Å². The van der Waals surface area contributed by atoms with E-state index in [1.54, 1.807) is 116 Å². The van der Waals surface area contributed by atoms with Crippen molar-refractivity contribution < 1.29 is 61.9 Å². The molecule has 1 heterocycles. The van der Waals surface area contributed by atoms with Crippen LogP contribution in [-0.4, -0.2) is 73.8 Å². The van der Waals surface area contributed by atoms with Gasteiger partial charge in [-0.25, -0.2) is 19.2 Å². The molecular weight excluding hydrogens is 868 g/mol. The van der Waals surface area contributed by atoms with Gasteiger partial charge < -0.3 is 37.9 Å². The first-order chi connectivity index (χ1) is 32.0. The van der Waals surface area contributed by atoms with Crippen molar-refractivity contribution in [1.82, 2.24) is 0 Å². The Morgan fingerprint density at radius 1 is 0.591 bits per heavy atom. The minimum absolute atomic E-state index is 0.103. The number of carbonyl (C=O) groups is 5. The number of rotatable bonds is 16. The van der Waals surface area contributed by atoms with Crippen LogP contribution in [0.25, 0.3) is 0 Å². The van der Waals surface area contributed by atoms with Gasteiger partial charge >= 0.3 is 29.8 Å². The highest BCUT2D eigenvalue weighted by Crippen LogP contribution is 2.38. The third-order valence-corrected chi connectivity index (χ3v) is 10.8. The molecule has 0 unspecified atom stereocenters. The maximum absolute atomic E-state index is 14.2. The predicted molar refractivity (Wildman–Crippen MR) is 240 cm³/mol. The molecule has 0 spiro atoms. The van der Waals surface area contributed by atoms with Gasteiger partial charge in [-0.3, -0.25) is 4.79 Å². The van der Waals surface area contributed by atoms with E-state index < -0.39 is 66.7 Å². The van der Waals surface area contributed by atoms with Gasteiger partial charge in [-0.2, -0.15) is 0 Å². The Bertz CT molecular complexity index is 2610. The van der Waals surface area contributed by atoms with Gasteiger partial charge in [0.1, 0.15) is 30.3 Å². The summed E-state index contributed by atoms with van der Waals surface area (Å²) in [5, 5.41) is 0.225. The Hall–Kier alpha value is -7.48. The molecule has 0 aliphatic carbocycles. The van der Waals surface area contributed by atoms with E-state index in [2.05, 4.69) is 0 Å². The topological polar surface area (TPSA) is 159 Å². The van der Waals surface area contributed by atoms with Crippen molar-refractivity contribution >= 4 is 41.4 Å². The Balaban J connectivity index is 1.38. The van der Waals surface area contributed by atoms with Crippen LogP contribution < -0.4 is 9.47 Å². The lowest BCUT2D eigenvalue weighted by molar-refractivity contribution is -0.284. The number of hydrogen-bond donors (Lipinski definition) is 0. The lowest BCUT2D eigenvalue weighted by atomic mass is 9.94. The van der Waals surface area contributed by atoms with Crippen LogP contribution in [0, 0.1) is 0 Å². The number of esters is 5. The number of ether oxygens (including phenoxy) is 8. The fourth-order valence-corrected chi connectivity index (χ4v) is 7.46. The molecule has 0 amide bonds. The normalized spacial score (nSPS) is 18.2. The van der Waals surface area contributed by atoms with Crippen molar-refractivity contribution in [3.8, 4) is 11.5 Å². The maximum atomic E-state index is 14.2. The largest absolute Gasteiger partial charge is 0.497 e. The molecular formula is C52H45ClO13. The Kier molecular flexibility index (Phi) is 15.5. The molecule has 1 saturated heterocycles. The smallest absolute Gasteiger partial charge is 0.338 e. The molecule has 1 aliphatic heterocycles. The van der Waals surface area contributed by atoms with Crippen LogP contribution in [0.15, 0.2) is 158 Å². The Morgan fingerprint density at radius 3 is 1.55 bits per heavy atom. The Morgan fingerprint density at radius 2 is 1.06 bits per heavy atom. The van der Waals surface area contributed by atoms with Crippen LogP contribution in [-0.2, 0) is 46.2 Å².